The Balaban J connectivity index is 1.67. The molecule has 0 atom stereocenters. The molecular weight excluding hydrogens is 412 g/mol. The van der Waals surface area contributed by atoms with Crippen LogP contribution in [0.15, 0.2) is 22.7 Å². The number of halogens is 1. The van der Waals surface area contributed by atoms with E-state index in [1.165, 1.54) is 5.56 Å². The number of benzene rings is 1. The van der Waals surface area contributed by atoms with Crippen molar-refractivity contribution < 1.29 is 19.4 Å². The van der Waals surface area contributed by atoms with Crippen LogP contribution in [0.25, 0.3) is 0 Å². The minimum Gasteiger partial charge on any atom is -0.492 e. The number of piperidine rings is 1. The van der Waals surface area contributed by atoms with E-state index in [4.69, 9.17) is 9.84 Å². The van der Waals surface area contributed by atoms with Gasteiger partial charge in [-0.25, -0.2) is 4.79 Å². The van der Waals surface area contributed by atoms with Gasteiger partial charge in [0.15, 0.2) is 0 Å². The summed E-state index contributed by atoms with van der Waals surface area (Å²) < 4.78 is 6.73. The normalized spacial score (nSPS) is 15.5. The Kier molecular flexibility index (Phi) is 7.53. The number of urea groups is 1. The fourth-order valence-electron chi connectivity index (χ4n) is 2.98. The highest BCUT2D eigenvalue weighted by Gasteiger charge is 2.26. The number of ether oxygens (including phenoxy) is 1. The molecule has 0 aromatic heterocycles. The van der Waals surface area contributed by atoms with E-state index in [1.54, 1.807) is 4.90 Å². The van der Waals surface area contributed by atoms with E-state index < -0.39 is 5.97 Å². The predicted molar refractivity (Wildman–Crippen MR) is 108 cm³/mol. The largest absolute Gasteiger partial charge is 0.492 e. The maximum Gasteiger partial charge on any atom is 0.317 e. The lowest BCUT2D eigenvalue weighted by atomic mass is 9.87. The number of nitrogens with one attached hydrogen (secondary N) is 1. The van der Waals surface area contributed by atoms with E-state index >= 15 is 0 Å². The summed E-state index contributed by atoms with van der Waals surface area (Å²) in [6.07, 6.45) is 1.74. The Hall–Kier alpha value is -1.76. The Morgan fingerprint density at radius 3 is 2.52 bits per heavy atom. The predicted octanol–water partition coefficient (Wildman–Crippen LogP) is 4.02. The summed E-state index contributed by atoms with van der Waals surface area (Å²) in [7, 11) is 0. The minimum absolute atomic E-state index is 0.0876. The second kappa shape index (κ2) is 9.44. The fourth-order valence-corrected chi connectivity index (χ4v) is 3.47. The summed E-state index contributed by atoms with van der Waals surface area (Å²) in [4.78, 5) is 24.7. The van der Waals surface area contributed by atoms with E-state index in [2.05, 4.69) is 54.2 Å². The lowest BCUT2D eigenvalue weighted by Crippen LogP contribution is -2.45. The molecule has 7 heteroatoms. The van der Waals surface area contributed by atoms with Crippen LogP contribution >= 0.6 is 15.9 Å². The van der Waals surface area contributed by atoms with E-state index in [-0.39, 0.29) is 17.4 Å². The monoisotopic (exact) mass is 440 g/mol. The van der Waals surface area contributed by atoms with E-state index in [0.717, 1.165) is 10.2 Å². The highest BCUT2D eigenvalue weighted by atomic mass is 79.9. The molecule has 0 saturated carbocycles. The van der Waals surface area contributed by atoms with Crippen molar-refractivity contribution in [3.8, 4) is 5.75 Å². The first-order valence-electron chi connectivity index (χ1n) is 9.37. The molecule has 0 spiro atoms. The second-order valence-electron chi connectivity index (χ2n) is 7.93. The summed E-state index contributed by atoms with van der Waals surface area (Å²) in [5, 5.41) is 11.9. The summed E-state index contributed by atoms with van der Waals surface area (Å²) in [5.41, 5.74) is 1.32. The lowest BCUT2D eigenvalue weighted by molar-refractivity contribution is -0.143. The van der Waals surface area contributed by atoms with Crippen LogP contribution in [0.4, 0.5) is 4.79 Å². The molecule has 1 fully saturated rings. The third-order valence-corrected chi connectivity index (χ3v) is 5.40. The van der Waals surface area contributed by atoms with Crippen molar-refractivity contribution in [2.24, 2.45) is 5.92 Å². The number of hydrogen-bond donors (Lipinski definition) is 2. The van der Waals surface area contributed by atoms with Gasteiger partial charge in [-0.15, -0.1) is 0 Å². The van der Waals surface area contributed by atoms with Crippen LogP contribution in [0, 0.1) is 5.92 Å². The molecule has 1 aliphatic rings. The van der Waals surface area contributed by atoms with Gasteiger partial charge in [-0.2, -0.15) is 0 Å². The van der Waals surface area contributed by atoms with Gasteiger partial charge in [0.05, 0.1) is 17.0 Å². The van der Waals surface area contributed by atoms with Gasteiger partial charge < -0.3 is 20.1 Å². The molecule has 2 amide bonds. The number of hydrogen-bond acceptors (Lipinski definition) is 3. The van der Waals surface area contributed by atoms with Gasteiger partial charge in [0.25, 0.3) is 0 Å². The number of aliphatic carboxylic acids is 1. The first kappa shape index (κ1) is 21.5. The van der Waals surface area contributed by atoms with E-state index in [0.29, 0.717) is 45.5 Å². The van der Waals surface area contributed by atoms with Crippen molar-refractivity contribution in [2.75, 3.05) is 26.2 Å². The highest BCUT2D eigenvalue weighted by molar-refractivity contribution is 9.10. The van der Waals surface area contributed by atoms with Crippen molar-refractivity contribution in [2.45, 2.75) is 45.4 Å². The van der Waals surface area contributed by atoms with Crippen molar-refractivity contribution in [3.63, 3.8) is 0 Å². The summed E-state index contributed by atoms with van der Waals surface area (Å²) in [6.45, 7) is 8.52. The number of likely N-dealkylation sites (tertiary alicyclic amines) is 1. The van der Waals surface area contributed by atoms with E-state index in [1.807, 2.05) is 6.07 Å². The minimum atomic E-state index is -0.770. The molecule has 1 aromatic rings. The molecular formula is C20H29BrN2O4. The smallest absolute Gasteiger partial charge is 0.317 e. The van der Waals surface area contributed by atoms with Crippen LogP contribution in [0.2, 0.25) is 0 Å². The molecule has 0 bridgehead atoms. The first-order chi connectivity index (χ1) is 12.7. The van der Waals surface area contributed by atoms with Gasteiger partial charge in [-0.1, -0.05) is 26.8 Å². The van der Waals surface area contributed by atoms with Crippen LogP contribution in [0.3, 0.4) is 0 Å². The number of carbonyl (C=O) groups is 2. The lowest BCUT2D eigenvalue weighted by Gasteiger charge is -2.30. The van der Waals surface area contributed by atoms with Crippen LogP contribution < -0.4 is 10.1 Å². The summed E-state index contributed by atoms with van der Waals surface area (Å²) >= 11 is 3.56. The number of amides is 2. The third-order valence-electron chi connectivity index (χ3n) is 4.78. The van der Waals surface area contributed by atoms with Gasteiger partial charge in [0, 0.05) is 19.6 Å². The number of carbonyl (C=O) groups excluding carboxylic acids is 1. The standard InChI is InChI=1S/C20H29BrN2O4/c1-20(2,3)15-5-6-17(16(21)13-15)27-12-4-9-22-19(26)23-10-7-14(8-11-23)18(24)25/h5-6,13-14H,4,7-12H2,1-3H3,(H,22,26)(H,24,25). The van der Waals surface area contributed by atoms with Gasteiger partial charge in [-0.05, 0) is 58.3 Å². The molecule has 27 heavy (non-hydrogen) atoms. The van der Waals surface area contributed by atoms with Crippen molar-refractivity contribution in [3.05, 3.63) is 28.2 Å². The van der Waals surface area contributed by atoms with Crippen LogP contribution in [-0.2, 0) is 10.2 Å². The second-order valence-corrected chi connectivity index (χ2v) is 8.78. The molecule has 2 N–H and O–H groups in total. The number of rotatable bonds is 6. The third kappa shape index (κ3) is 6.41. The quantitative estimate of drug-likeness (QED) is 0.654. The van der Waals surface area contributed by atoms with Gasteiger partial charge >= 0.3 is 12.0 Å². The number of carboxylic acid groups (broad SMARTS) is 1. The molecule has 6 nitrogen and oxygen atoms in total. The van der Waals surface area contributed by atoms with Gasteiger partial charge in [0.2, 0.25) is 0 Å². The van der Waals surface area contributed by atoms with Crippen molar-refractivity contribution >= 4 is 27.9 Å². The Morgan fingerprint density at radius 1 is 1.30 bits per heavy atom. The SMILES string of the molecule is CC(C)(C)c1ccc(OCCCNC(=O)N2CCC(C(=O)O)CC2)c(Br)c1. The Labute approximate surface area is 169 Å². The molecule has 1 heterocycles. The zero-order valence-electron chi connectivity index (χ0n) is 16.3. The molecule has 0 radical (unpaired) electrons. The highest BCUT2D eigenvalue weighted by Crippen LogP contribution is 2.31. The maximum atomic E-state index is 12.1. The topological polar surface area (TPSA) is 78.9 Å². The van der Waals surface area contributed by atoms with Crippen LogP contribution in [-0.4, -0.2) is 48.2 Å². The fraction of sp³-hybridized carbons (Fsp3) is 0.600. The Morgan fingerprint density at radius 2 is 1.96 bits per heavy atom. The van der Waals surface area contributed by atoms with Gasteiger partial charge in [-0.3, -0.25) is 4.79 Å². The van der Waals surface area contributed by atoms with Crippen molar-refractivity contribution in [1.29, 1.82) is 0 Å². The Bertz CT molecular complexity index is 664. The van der Waals surface area contributed by atoms with Crippen molar-refractivity contribution in [1.82, 2.24) is 10.2 Å². The van der Waals surface area contributed by atoms with Crippen LogP contribution in [0.5, 0.6) is 5.75 Å². The molecule has 1 aliphatic heterocycles. The summed E-state index contributed by atoms with van der Waals surface area (Å²) in [6, 6.07) is 5.99. The first-order valence-corrected chi connectivity index (χ1v) is 10.2. The number of carboxylic acids is 1. The van der Waals surface area contributed by atoms with Gasteiger partial charge in [0.1, 0.15) is 5.75 Å². The summed E-state index contributed by atoms with van der Waals surface area (Å²) in [5.74, 6) is -0.301. The average Bonchev–Trinajstić information content (AvgIpc) is 2.61. The average molecular weight is 441 g/mol. The zero-order chi connectivity index (χ0) is 20.0. The van der Waals surface area contributed by atoms with Crippen LogP contribution in [0.1, 0.15) is 45.6 Å². The molecule has 1 saturated heterocycles. The maximum absolute atomic E-state index is 12.1. The molecule has 0 aliphatic carbocycles. The molecule has 150 valence electrons. The van der Waals surface area contributed by atoms with E-state index in [9.17, 15) is 9.59 Å². The molecule has 1 aromatic carbocycles. The number of nitrogens with zero attached hydrogens (tertiary/aromatic N) is 1. The zero-order valence-corrected chi connectivity index (χ0v) is 17.8. The molecule has 0 unspecified atom stereocenters. The molecule has 2 rings (SSSR count).